The lowest BCUT2D eigenvalue weighted by Gasteiger charge is -2.30. The fraction of sp³-hybridized carbons (Fsp3) is 0.538. The summed E-state index contributed by atoms with van der Waals surface area (Å²) in [6.45, 7) is 8.90. The second-order valence-electron chi connectivity index (χ2n) is 4.21. The minimum Gasteiger partial charge on any atom is -0.369 e. The molecule has 2 nitrogen and oxygen atoms in total. The van der Waals surface area contributed by atoms with Gasteiger partial charge in [0.15, 0.2) is 0 Å². The Labute approximate surface area is 92.3 Å². The SMILES string of the molecule is CCc1ccc(N2CCNCC2)c(C)c1. The highest BCUT2D eigenvalue weighted by Gasteiger charge is 2.12. The molecule has 2 heteroatoms. The van der Waals surface area contributed by atoms with Gasteiger partial charge in [-0.05, 0) is 30.5 Å². The molecule has 1 fully saturated rings. The van der Waals surface area contributed by atoms with Crippen LogP contribution in [0.4, 0.5) is 5.69 Å². The monoisotopic (exact) mass is 204 g/mol. The molecule has 0 aromatic heterocycles. The van der Waals surface area contributed by atoms with Gasteiger partial charge in [0.1, 0.15) is 0 Å². The molecular formula is C13H20N2. The lowest BCUT2D eigenvalue weighted by atomic mass is 10.1. The van der Waals surface area contributed by atoms with E-state index in [1.807, 2.05) is 0 Å². The quantitative estimate of drug-likeness (QED) is 0.792. The van der Waals surface area contributed by atoms with Gasteiger partial charge in [-0.2, -0.15) is 0 Å². The number of piperazine rings is 1. The number of aryl methyl sites for hydroxylation is 2. The van der Waals surface area contributed by atoms with Gasteiger partial charge in [-0.1, -0.05) is 19.1 Å². The average molecular weight is 204 g/mol. The Morgan fingerprint density at radius 3 is 2.60 bits per heavy atom. The van der Waals surface area contributed by atoms with E-state index >= 15 is 0 Å². The van der Waals surface area contributed by atoms with Crippen LogP contribution in [0.5, 0.6) is 0 Å². The molecule has 1 aromatic carbocycles. The molecule has 1 heterocycles. The Hall–Kier alpha value is -1.02. The van der Waals surface area contributed by atoms with E-state index in [0.717, 1.165) is 32.6 Å². The van der Waals surface area contributed by atoms with Gasteiger partial charge in [-0.15, -0.1) is 0 Å². The van der Waals surface area contributed by atoms with Crippen molar-refractivity contribution in [2.24, 2.45) is 0 Å². The number of hydrogen-bond acceptors (Lipinski definition) is 2. The average Bonchev–Trinajstić information content (AvgIpc) is 2.30. The predicted octanol–water partition coefficient (Wildman–Crippen LogP) is 1.97. The van der Waals surface area contributed by atoms with Crippen molar-refractivity contribution in [3.63, 3.8) is 0 Å². The Balaban J connectivity index is 2.19. The van der Waals surface area contributed by atoms with Crippen LogP contribution in [-0.4, -0.2) is 26.2 Å². The van der Waals surface area contributed by atoms with Crippen LogP contribution in [0.2, 0.25) is 0 Å². The molecule has 82 valence electrons. The smallest absolute Gasteiger partial charge is 0.0396 e. The van der Waals surface area contributed by atoms with Crippen molar-refractivity contribution >= 4 is 5.69 Å². The predicted molar refractivity (Wildman–Crippen MR) is 65.6 cm³/mol. The number of rotatable bonds is 2. The molecule has 0 saturated carbocycles. The maximum atomic E-state index is 3.38. The van der Waals surface area contributed by atoms with Crippen molar-refractivity contribution in [2.75, 3.05) is 31.1 Å². The van der Waals surface area contributed by atoms with Crippen molar-refractivity contribution in [1.29, 1.82) is 0 Å². The molecule has 0 spiro atoms. The normalized spacial score (nSPS) is 16.8. The number of anilines is 1. The van der Waals surface area contributed by atoms with E-state index in [-0.39, 0.29) is 0 Å². The van der Waals surface area contributed by atoms with E-state index in [2.05, 4.69) is 42.3 Å². The van der Waals surface area contributed by atoms with Gasteiger partial charge >= 0.3 is 0 Å². The Morgan fingerprint density at radius 2 is 2.00 bits per heavy atom. The van der Waals surface area contributed by atoms with E-state index in [9.17, 15) is 0 Å². The zero-order valence-corrected chi connectivity index (χ0v) is 9.71. The van der Waals surface area contributed by atoms with Gasteiger partial charge < -0.3 is 10.2 Å². The summed E-state index contributed by atoms with van der Waals surface area (Å²) in [6.07, 6.45) is 1.13. The first-order chi connectivity index (χ1) is 7.31. The molecule has 0 bridgehead atoms. The molecule has 0 aliphatic carbocycles. The molecule has 1 aromatic rings. The summed E-state index contributed by atoms with van der Waals surface area (Å²) in [5.41, 5.74) is 4.26. The summed E-state index contributed by atoms with van der Waals surface area (Å²) in [4.78, 5) is 2.48. The largest absolute Gasteiger partial charge is 0.369 e. The van der Waals surface area contributed by atoms with E-state index in [4.69, 9.17) is 0 Å². The van der Waals surface area contributed by atoms with E-state index in [0.29, 0.717) is 0 Å². The first-order valence-corrected chi connectivity index (χ1v) is 5.86. The van der Waals surface area contributed by atoms with Crippen LogP contribution in [-0.2, 0) is 6.42 Å². The minimum atomic E-state index is 1.11. The molecule has 1 aliphatic rings. The van der Waals surface area contributed by atoms with Gasteiger partial charge in [-0.3, -0.25) is 0 Å². The van der Waals surface area contributed by atoms with Crippen LogP contribution in [0.15, 0.2) is 18.2 Å². The van der Waals surface area contributed by atoms with Gasteiger partial charge in [0.25, 0.3) is 0 Å². The number of nitrogens with zero attached hydrogens (tertiary/aromatic N) is 1. The molecule has 15 heavy (non-hydrogen) atoms. The summed E-state index contributed by atoms with van der Waals surface area (Å²) >= 11 is 0. The third kappa shape index (κ3) is 2.32. The number of nitrogens with one attached hydrogen (secondary N) is 1. The van der Waals surface area contributed by atoms with Crippen LogP contribution in [0.1, 0.15) is 18.1 Å². The van der Waals surface area contributed by atoms with Crippen LogP contribution in [0.3, 0.4) is 0 Å². The Morgan fingerprint density at radius 1 is 1.27 bits per heavy atom. The van der Waals surface area contributed by atoms with Crippen LogP contribution < -0.4 is 10.2 Å². The lowest BCUT2D eigenvalue weighted by molar-refractivity contribution is 0.588. The van der Waals surface area contributed by atoms with Crippen LogP contribution >= 0.6 is 0 Å². The van der Waals surface area contributed by atoms with Crippen LogP contribution in [0.25, 0.3) is 0 Å². The molecular weight excluding hydrogens is 184 g/mol. The van der Waals surface area contributed by atoms with Gasteiger partial charge in [0.2, 0.25) is 0 Å². The third-order valence-electron chi connectivity index (χ3n) is 3.13. The fourth-order valence-electron chi connectivity index (χ4n) is 2.20. The van der Waals surface area contributed by atoms with Crippen molar-refractivity contribution in [3.8, 4) is 0 Å². The summed E-state index contributed by atoms with van der Waals surface area (Å²) in [5.74, 6) is 0. The van der Waals surface area contributed by atoms with E-state index in [1.54, 1.807) is 0 Å². The minimum absolute atomic E-state index is 1.11. The number of hydrogen-bond donors (Lipinski definition) is 1. The maximum Gasteiger partial charge on any atom is 0.0396 e. The Bertz CT molecular complexity index is 327. The van der Waals surface area contributed by atoms with Gasteiger partial charge in [0, 0.05) is 31.9 Å². The standard InChI is InChI=1S/C13H20N2/c1-3-12-4-5-13(11(2)10-12)15-8-6-14-7-9-15/h4-5,10,14H,3,6-9H2,1-2H3. The highest BCUT2D eigenvalue weighted by Crippen LogP contribution is 2.21. The molecule has 0 radical (unpaired) electrons. The van der Waals surface area contributed by atoms with Crippen molar-refractivity contribution in [3.05, 3.63) is 29.3 Å². The first-order valence-electron chi connectivity index (χ1n) is 5.86. The van der Waals surface area contributed by atoms with E-state index < -0.39 is 0 Å². The summed E-state index contributed by atoms with van der Waals surface area (Å²) in [7, 11) is 0. The lowest BCUT2D eigenvalue weighted by Crippen LogP contribution is -2.43. The summed E-state index contributed by atoms with van der Waals surface area (Å²) < 4.78 is 0. The molecule has 1 N–H and O–H groups in total. The summed E-state index contributed by atoms with van der Waals surface area (Å²) in [5, 5.41) is 3.38. The van der Waals surface area contributed by atoms with Gasteiger partial charge in [0.05, 0.1) is 0 Å². The first kappa shape index (κ1) is 10.5. The van der Waals surface area contributed by atoms with Gasteiger partial charge in [-0.25, -0.2) is 0 Å². The maximum absolute atomic E-state index is 3.38. The molecule has 1 saturated heterocycles. The highest BCUT2D eigenvalue weighted by molar-refractivity contribution is 5.54. The summed E-state index contributed by atoms with van der Waals surface area (Å²) in [6, 6.07) is 6.85. The van der Waals surface area contributed by atoms with Crippen molar-refractivity contribution in [1.82, 2.24) is 5.32 Å². The zero-order chi connectivity index (χ0) is 10.7. The van der Waals surface area contributed by atoms with Crippen molar-refractivity contribution < 1.29 is 0 Å². The van der Waals surface area contributed by atoms with Crippen molar-refractivity contribution in [2.45, 2.75) is 20.3 Å². The molecule has 1 aliphatic heterocycles. The van der Waals surface area contributed by atoms with E-state index in [1.165, 1.54) is 16.8 Å². The number of benzene rings is 1. The van der Waals surface area contributed by atoms with Crippen LogP contribution in [0, 0.1) is 6.92 Å². The second-order valence-corrected chi connectivity index (χ2v) is 4.21. The Kier molecular flexibility index (Phi) is 3.27. The fourth-order valence-corrected chi connectivity index (χ4v) is 2.20. The molecule has 0 amide bonds. The molecule has 0 unspecified atom stereocenters. The topological polar surface area (TPSA) is 15.3 Å². The third-order valence-corrected chi connectivity index (χ3v) is 3.13. The zero-order valence-electron chi connectivity index (χ0n) is 9.71. The molecule has 2 rings (SSSR count). The highest BCUT2D eigenvalue weighted by atomic mass is 15.2. The second kappa shape index (κ2) is 4.67. The molecule has 0 atom stereocenters.